The first-order valence-corrected chi connectivity index (χ1v) is 22.9. The van der Waals surface area contributed by atoms with Gasteiger partial charge in [0.05, 0.1) is 38.1 Å². The fraction of sp³-hybridized carbons (Fsp3) is 0.809. The van der Waals surface area contributed by atoms with E-state index in [9.17, 15) is 39.9 Å². The normalized spacial score (nSPS) is 42.7. The number of aliphatic hydroxyl groups excluding tert-OH is 5. The van der Waals surface area contributed by atoms with Crippen LogP contribution in [0.4, 0.5) is 0 Å². The summed E-state index contributed by atoms with van der Waals surface area (Å²) in [5.41, 5.74) is -0.0692. The topological polar surface area (TPSA) is 217 Å². The number of ketones is 1. The lowest BCUT2D eigenvalue weighted by Crippen LogP contribution is -2.62. The number of methoxy groups -OCH3 is 1. The minimum absolute atomic E-state index is 0.0184. The summed E-state index contributed by atoms with van der Waals surface area (Å²) in [6.45, 7) is 9.30. The SMILES string of the molecule is COc1ccc(C(=O)O[C@H]2[C@H](O[C@@H]3[C@@H](OC(C)=O)[C@H](O[C@H]4CC([C@H](C)C(=O)CC[C@@H](C)CO)[C@@]5(C)CC[C@H]6[C@@H](CC[C@H]7C[C@@H](O)CC[C@@]76C)[C@H]45)OC[C@@H]3O)OC[C@@H](O)[C@@H]2O)cc1. The third-order valence-electron chi connectivity index (χ3n) is 16.3. The van der Waals surface area contributed by atoms with Crippen molar-refractivity contribution < 1.29 is 73.1 Å². The molecule has 7 rings (SSSR count). The van der Waals surface area contributed by atoms with Crippen LogP contribution in [0.15, 0.2) is 24.3 Å². The van der Waals surface area contributed by atoms with Gasteiger partial charge in [-0.25, -0.2) is 4.79 Å². The molecule has 1 unspecified atom stereocenters. The summed E-state index contributed by atoms with van der Waals surface area (Å²) in [5.74, 6) is 0.00569. The Bertz CT molecular complexity index is 1710. The molecule has 1 aromatic rings. The number of Topliss-reactive ketones (excluding diaryl/α,β-unsaturated/α-hetero) is 1. The van der Waals surface area contributed by atoms with E-state index in [1.807, 2.05) is 13.8 Å². The number of carbonyl (C=O) groups excluding carboxylic acids is 3. The van der Waals surface area contributed by atoms with E-state index in [2.05, 4.69) is 13.8 Å². The van der Waals surface area contributed by atoms with E-state index >= 15 is 0 Å². The summed E-state index contributed by atoms with van der Waals surface area (Å²) in [4.78, 5) is 40.1. The van der Waals surface area contributed by atoms with Crippen LogP contribution in [0, 0.1) is 52.3 Å². The van der Waals surface area contributed by atoms with Crippen molar-refractivity contribution in [1.29, 1.82) is 0 Å². The average molecular weight is 875 g/mol. The van der Waals surface area contributed by atoms with Gasteiger partial charge < -0.3 is 58.7 Å². The molecule has 2 heterocycles. The Morgan fingerprint density at radius 1 is 0.823 bits per heavy atom. The number of aliphatic hydroxyl groups is 5. The van der Waals surface area contributed by atoms with Crippen molar-refractivity contribution in [2.75, 3.05) is 26.9 Å². The predicted octanol–water partition coefficient (Wildman–Crippen LogP) is 3.96. The number of carbonyl (C=O) groups is 3. The molecule has 19 atom stereocenters. The molecule has 0 spiro atoms. The van der Waals surface area contributed by atoms with Crippen molar-refractivity contribution in [2.24, 2.45) is 52.3 Å². The molecule has 348 valence electrons. The third-order valence-corrected chi connectivity index (χ3v) is 16.3. The smallest absolute Gasteiger partial charge is 0.338 e. The Morgan fingerprint density at radius 2 is 1.50 bits per heavy atom. The summed E-state index contributed by atoms with van der Waals surface area (Å²) in [7, 11) is 1.49. The monoisotopic (exact) mass is 874 g/mol. The van der Waals surface area contributed by atoms with Crippen LogP contribution in [-0.4, -0.2) is 132 Å². The number of esters is 2. The van der Waals surface area contributed by atoms with Gasteiger partial charge in [-0.15, -0.1) is 0 Å². The van der Waals surface area contributed by atoms with Crippen LogP contribution in [0.1, 0.15) is 109 Å². The van der Waals surface area contributed by atoms with Crippen LogP contribution < -0.4 is 4.74 Å². The van der Waals surface area contributed by atoms with Gasteiger partial charge in [0, 0.05) is 25.9 Å². The van der Waals surface area contributed by atoms with Crippen molar-refractivity contribution in [3.63, 3.8) is 0 Å². The first-order valence-electron chi connectivity index (χ1n) is 22.9. The van der Waals surface area contributed by atoms with Crippen molar-refractivity contribution >= 4 is 17.7 Å². The summed E-state index contributed by atoms with van der Waals surface area (Å²) >= 11 is 0. The van der Waals surface area contributed by atoms with Gasteiger partial charge in [-0.1, -0.05) is 27.7 Å². The van der Waals surface area contributed by atoms with Crippen LogP contribution in [0.5, 0.6) is 5.75 Å². The number of benzene rings is 1. The molecule has 5 N–H and O–H groups in total. The lowest BCUT2D eigenvalue weighted by atomic mass is 9.44. The van der Waals surface area contributed by atoms with Gasteiger partial charge >= 0.3 is 11.9 Å². The molecule has 4 saturated carbocycles. The highest BCUT2D eigenvalue weighted by Crippen LogP contribution is 2.69. The molecule has 0 radical (unpaired) electrons. The highest BCUT2D eigenvalue weighted by atomic mass is 16.7. The molecule has 0 amide bonds. The van der Waals surface area contributed by atoms with Gasteiger partial charge in [0.1, 0.15) is 35.9 Å². The molecule has 2 saturated heterocycles. The van der Waals surface area contributed by atoms with Gasteiger partial charge in [-0.05, 0) is 128 Å². The van der Waals surface area contributed by atoms with Crippen molar-refractivity contribution in [3.05, 3.63) is 29.8 Å². The molecule has 15 nitrogen and oxygen atoms in total. The first kappa shape index (κ1) is 47.2. The molecular weight excluding hydrogens is 805 g/mol. The number of fused-ring (bicyclic) bond motifs is 5. The molecule has 1 aromatic carbocycles. The lowest BCUT2D eigenvalue weighted by molar-refractivity contribution is -0.341. The number of ether oxygens (including phenoxy) is 7. The maximum absolute atomic E-state index is 13.9. The minimum atomic E-state index is -1.62. The Balaban J connectivity index is 1.16. The zero-order chi connectivity index (χ0) is 44.7. The number of hydrogen-bond acceptors (Lipinski definition) is 15. The molecule has 0 aromatic heterocycles. The lowest BCUT2D eigenvalue weighted by Gasteiger charge is -2.61. The molecular formula is C47H70O15. The standard InChI is InChI=1S/C47H70O15/c1-24(21-48)7-14-34(51)25(2)33-20-37(38-31-13-10-28-19-29(50)15-17-46(28,4)32(31)16-18-47(33,38)5)60-45-42(59-26(3)49)40(36(53)23-58-45)62-44-41(39(54)35(52)22-57-44)61-43(55)27-8-11-30(56-6)12-9-27/h8-9,11-12,24-25,28-29,31-33,35-42,44-45,48,50,52-54H,7,10,13-23H2,1-6H3/t24-,25+,28+,29+,31-,32+,33?,35-,36+,37+,38-,39+,40+,41-,42-,44+,45+,46+,47-/m1/s1. The quantitative estimate of drug-likeness (QED) is 0.167. The summed E-state index contributed by atoms with van der Waals surface area (Å²) in [5, 5.41) is 53.5. The summed E-state index contributed by atoms with van der Waals surface area (Å²) < 4.78 is 42.2. The van der Waals surface area contributed by atoms with Gasteiger partial charge in [0.15, 0.2) is 24.8 Å². The molecule has 15 heteroatoms. The number of hydrogen-bond donors (Lipinski definition) is 5. The third kappa shape index (κ3) is 9.35. The molecule has 6 aliphatic rings. The van der Waals surface area contributed by atoms with E-state index in [-0.39, 0.29) is 77.7 Å². The fourth-order valence-electron chi connectivity index (χ4n) is 12.8. The summed E-state index contributed by atoms with van der Waals surface area (Å²) in [6, 6.07) is 6.11. The van der Waals surface area contributed by atoms with Crippen LogP contribution >= 0.6 is 0 Å². The van der Waals surface area contributed by atoms with Crippen molar-refractivity contribution in [3.8, 4) is 5.75 Å². The van der Waals surface area contributed by atoms with E-state index in [4.69, 9.17) is 33.2 Å². The molecule has 2 aliphatic heterocycles. The highest BCUT2D eigenvalue weighted by Gasteiger charge is 2.65. The Kier molecular flexibility index (Phi) is 14.8. The molecule has 6 fully saturated rings. The Hall–Kier alpha value is -2.73. The van der Waals surface area contributed by atoms with Gasteiger partial charge in [-0.2, -0.15) is 0 Å². The van der Waals surface area contributed by atoms with Crippen molar-refractivity contribution in [2.45, 2.75) is 160 Å². The zero-order valence-corrected chi connectivity index (χ0v) is 37.1. The largest absolute Gasteiger partial charge is 0.497 e. The second-order valence-electron chi connectivity index (χ2n) is 19.9. The zero-order valence-electron chi connectivity index (χ0n) is 37.1. The minimum Gasteiger partial charge on any atom is -0.497 e. The molecule has 62 heavy (non-hydrogen) atoms. The van der Waals surface area contributed by atoms with Crippen LogP contribution in [0.3, 0.4) is 0 Å². The van der Waals surface area contributed by atoms with Crippen LogP contribution in [-0.2, 0) is 38.0 Å². The van der Waals surface area contributed by atoms with E-state index in [0.29, 0.717) is 36.8 Å². The fourth-order valence-corrected chi connectivity index (χ4v) is 12.8. The van der Waals surface area contributed by atoms with Crippen molar-refractivity contribution in [1.82, 2.24) is 0 Å². The number of rotatable bonds is 14. The maximum Gasteiger partial charge on any atom is 0.338 e. The average Bonchev–Trinajstić information content (AvgIpc) is 3.55. The van der Waals surface area contributed by atoms with Crippen LogP contribution in [0.25, 0.3) is 0 Å². The second kappa shape index (κ2) is 19.4. The van der Waals surface area contributed by atoms with E-state index < -0.39 is 67.2 Å². The first-order chi connectivity index (χ1) is 29.5. The van der Waals surface area contributed by atoms with E-state index in [1.54, 1.807) is 12.1 Å². The van der Waals surface area contributed by atoms with E-state index in [1.165, 1.54) is 26.2 Å². The van der Waals surface area contributed by atoms with Crippen LogP contribution in [0.2, 0.25) is 0 Å². The summed E-state index contributed by atoms with van der Waals surface area (Å²) in [6.07, 6.45) is -4.06. The molecule has 0 bridgehead atoms. The Morgan fingerprint density at radius 3 is 2.18 bits per heavy atom. The molecule has 4 aliphatic carbocycles. The Labute approximate surface area is 365 Å². The maximum atomic E-state index is 13.9. The van der Waals surface area contributed by atoms with E-state index in [0.717, 1.165) is 44.9 Å². The van der Waals surface area contributed by atoms with Gasteiger partial charge in [-0.3, -0.25) is 9.59 Å². The predicted molar refractivity (Wildman–Crippen MR) is 221 cm³/mol. The van der Waals surface area contributed by atoms with Gasteiger partial charge in [0.2, 0.25) is 0 Å². The second-order valence-corrected chi connectivity index (χ2v) is 19.9. The highest BCUT2D eigenvalue weighted by molar-refractivity contribution is 5.89. The van der Waals surface area contributed by atoms with Gasteiger partial charge in [0.25, 0.3) is 0 Å².